The molecule has 0 aromatic heterocycles. The molecule has 0 bridgehead atoms. The first-order valence-electron chi connectivity index (χ1n) is 11.8. The third-order valence-electron chi connectivity index (χ3n) is 5.83. The highest BCUT2D eigenvalue weighted by molar-refractivity contribution is 6.46. The maximum Gasteiger partial charge on any atom is 0.295 e. The Bertz CT molecular complexity index is 1130. The molecule has 36 heavy (non-hydrogen) atoms. The summed E-state index contributed by atoms with van der Waals surface area (Å²) in [6.07, 6.45) is 0.500. The molecule has 0 radical (unpaired) electrons. The molecule has 1 aliphatic rings. The van der Waals surface area contributed by atoms with Crippen LogP contribution in [-0.4, -0.2) is 69.4 Å². The lowest BCUT2D eigenvalue weighted by Crippen LogP contribution is -2.31. The monoisotopic (exact) mass is 499 g/mol. The molecule has 9 heteroatoms. The van der Waals surface area contributed by atoms with E-state index in [1.807, 2.05) is 13.8 Å². The van der Waals surface area contributed by atoms with Crippen LogP contribution >= 0.6 is 0 Å². The van der Waals surface area contributed by atoms with Crippen molar-refractivity contribution in [3.05, 3.63) is 53.1 Å². The van der Waals surface area contributed by atoms with E-state index in [0.717, 1.165) is 0 Å². The average molecular weight is 500 g/mol. The van der Waals surface area contributed by atoms with Crippen molar-refractivity contribution in [1.82, 2.24) is 4.90 Å². The summed E-state index contributed by atoms with van der Waals surface area (Å²) in [5, 5.41) is 11.5. The zero-order valence-corrected chi connectivity index (χ0v) is 21.3. The molecule has 1 aliphatic heterocycles. The predicted molar refractivity (Wildman–Crippen MR) is 134 cm³/mol. The minimum Gasteiger partial charge on any atom is -0.507 e. The minimum absolute atomic E-state index is 0.0610. The van der Waals surface area contributed by atoms with E-state index < -0.39 is 17.7 Å². The number of likely N-dealkylation sites (tertiary alicyclic amines) is 1. The number of methoxy groups -OCH3 is 3. The van der Waals surface area contributed by atoms with Crippen molar-refractivity contribution in [2.24, 2.45) is 0 Å². The van der Waals surface area contributed by atoms with Crippen LogP contribution in [0.1, 0.15) is 37.4 Å². The molecule has 0 aliphatic carbocycles. The van der Waals surface area contributed by atoms with Gasteiger partial charge in [-0.25, -0.2) is 0 Å². The molecule has 3 rings (SSSR count). The molecule has 194 valence electrons. The second kappa shape index (κ2) is 12.3. The van der Waals surface area contributed by atoms with E-state index in [0.29, 0.717) is 54.8 Å². The van der Waals surface area contributed by atoms with Crippen LogP contribution in [0.2, 0.25) is 0 Å². The SMILES string of the molecule is CCOc1ccc(/C(O)=C2\C(=O)C(=O)N(CCCOC)C2c2cccc(OC)c2OC)c(OCC)c1. The number of aliphatic hydroxyl groups is 1. The Labute approximate surface area is 211 Å². The predicted octanol–water partition coefficient (Wildman–Crippen LogP) is 3.96. The summed E-state index contributed by atoms with van der Waals surface area (Å²) < 4.78 is 27.5. The molecule has 2 aromatic carbocycles. The number of hydrogen-bond donors (Lipinski definition) is 1. The second-order valence-corrected chi connectivity index (χ2v) is 7.95. The normalized spacial score (nSPS) is 16.8. The van der Waals surface area contributed by atoms with Crippen molar-refractivity contribution in [2.75, 3.05) is 47.7 Å². The van der Waals surface area contributed by atoms with Crippen molar-refractivity contribution in [1.29, 1.82) is 0 Å². The van der Waals surface area contributed by atoms with E-state index in [4.69, 9.17) is 23.7 Å². The smallest absolute Gasteiger partial charge is 0.295 e. The molecule has 0 saturated carbocycles. The van der Waals surface area contributed by atoms with Crippen LogP contribution in [0.25, 0.3) is 5.76 Å². The van der Waals surface area contributed by atoms with Gasteiger partial charge in [-0.2, -0.15) is 0 Å². The first-order chi connectivity index (χ1) is 17.4. The Morgan fingerprint density at radius 1 is 0.972 bits per heavy atom. The molecule has 2 aromatic rings. The fraction of sp³-hybridized carbons (Fsp3) is 0.407. The van der Waals surface area contributed by atoms with Gasteiger partial charge in [-0.3, -0.25) is 9.59 Å². The van der Waals surface area contributed by atoms with E-state index in [2.05, 4.69) is 0 Å². The number of carbonyl (C=O) groups is 2. The second-order valence-electron chi connectivity index (χ2n) is 7.95. The third-order valence-corrected chi connectivity index (χ3v) is 5.83. The standard InChI is InChI=1S/C27H33NO8/c1-6-35-17-12-13-18(21(16-17)36-7-2)24(29)22-23(19-10-8-11-20(33-4)26(19)34-5)28(14-9-15-32-3)27(31)25(22)30/h8,10-13,16,23,29H,6-7,9,14-15H2,1-5H3/b24-22+. The lowest BCUT2D eigenvalue weighted by atomic mass is 9.94. The highest BCUT2D eigenvalue weighted by atomic mass is 16.5. The van der Waals surface area contributed by atoms with E-state index in [1.54, 1.807) is 43.5 Å². The fourth-order valence-corrected chi connectivity index (χ4v) is 4.32. The number of nitrogens with zero attached hydrogens (tertiary/aromatic N) is 1. The third kappa shape index (κ3) is 5.26. The summed E-state index contributed by atoms with van der Waals surface area (Å²) in [6.45, 7) is 5.10. The first-order valence-corrected chi connectivity index (χ1v) is 11.8. The maximum atomic E-state index is 13.4. The van der Waals surface area contributed by atoms with Gasteiger partial charge in [0.2, 0.25) is 0 Å². The lowest BCUT2D eigenvalue weighted by molar-refractivity contribution is -0.140. The highest BCUT2D eigenvalue weighted by Gasteiger charge is 2.47. The van der Waals surface area contributed by atoms with Crippen LogP contribution < -0.4 is 18.9 Å². The van der Waals surface area contributed by atoms with Gasteiger partial charge in [-0.15, -0.1) is 0 Å². The van der Waals surface area contributed by atoms with E-state index in [9.17, 15) is 14.7 Å². The Kier molecular flexibility index (Phi) is 9.19. The number of ketones is 1. The summed E-state index contributed by atoms with van der Waals surface area (Å²) in [5.74, 6) is -0.155. The number of hydrogen-bond acceptors (Lipinski definition) is 8. The molecule has 1 unspecified atom stereocenters. The maximum absolute atomic E-state index is 13.4. The molecular formula is C27H33NO8. The van der Waals surface area contributed by atoms with Crippen LogP contribution in [0.15, 0.2) is 42.0 Å². The number of para-hydroxylation sites is 1. The van der Waals surface area contributed by atoms with Crippen LogP contribution in [0.4, 0.5) is 0 Å². The fourth-order valence-electron chi connectivity index (χ4n) is 4.32. The number of aliphatic hydroxyl groups excluding tert-OH is 1. The summed E-state index contributed by atoms with van der Waals surface area (Å²) in [6, 6.07) is 9.25. The highest BCUT2D eigenvalue weighted by Crippen LogP contribution is 2.46. The Morgan fingerprint density at radius 3 is 2.36 bits per heavy atom. The van der Waals surface area contributed by atoms with Gasteiger partial charge >= 0.3 is 0 Å². The number of carbonyl (C=O) groups excluding carboxylic acids is 2. The van der Waals surface area contributed by atoms with Crippen molar-refractivity contribution < 1.29 is 38.4 Å². The number of Topliss-reactive ketones (excluding diaryl/α,β-unsaturated/α-hetero) is 1. The van der Waals surface area contributed by atoms with E-state index in [-0.39, 0.29) is 23.4 Å². The Balaban J connectivity index is 2.25. The molecule has 1 atom stereocenters. The van der Waals surface area contributed by atoms with E-state index >= 15 is 0 Å². The van der Waals surface area contributed by atoms with Crippen LogP contribution in [0, 0.1) is 0 Å². The molecule has 1 fully saturated rings. The summed E-state index contributed by atoms with van der Waals surface area (Å²) in [5.41, 5.74) is 0.732. The summed E-state index contributed by atoms with van der Waals surface area (Å²) in [7, 11) is 4.56. The average Bonchev–Trinajstić information content (AvgIpc) is 3.13. The Hall–Kier alpha value is -3.72. The first kappa shape index (κ1) is 26.9. The van der Waals surface area contributed by atoms with Gasteiger partial charge in [-0.05, 0) is 38.5 Å². The molecule has 1 N–H and O–H groups in total. The Morgan fingerprint density at radius 2 is 1.72 bits per heavy atom. The number of ether oxygens (including phenoxy) is 5. The minimum atomic E-state index is -0.909. The van der Waals surface area contributed by atoms with Gasteiger partial charge in [0, 0.05) is 31.9 Å². The van der Waals surface area contributed by atoms with Crippen LogP contribution in [0.3, 0.4) is 0 Å². The van der Waals surface area contributed by atoms with Crippen molar-refractivity contribution in [3.63, 3.8) is 0 Å². The summed E-state index contributed by atoms with van der Waals surface area (Å²) >= 11 is 0. The van der Waals surface area contributed by atoms with Crippen molar-refractivity contribution >= 4 is 17.4 Å². The zero-order valence-electron chi connectivity index (χ0n) is 21.3. The van der Waals surface area contributed by atoms with Gasteiger partial charge in [0.25, 0.3) is 11.7 Å². The molecule has 9 nitrogen and oxygen atoms in total. The van der Waals surface area contributed by atoms with E-state index in [1.165, 1.54) is 19.1 Å². The van der Waals surface area contributed by atoms with Gasteiger partial charge in [0.05, 0.1) is 44.6 Å². The lowest BCUT2D eigenvalue weighted by Gasteiger charge is -2.27. The quantitative estimate of drug-likeness (QED) is 0.203. The molecule has 1 amide bonds. The van der Waals surface area contributed by atoms with Gasteiger partial charge in [-0.1, -0.05) is 12.1 Å². The van der Waals surface area contributed by atoms with Crippen LogP contribution in [0.5, 0.6) is 23.0 Å². The van der Waals surface area contributed by atoms with Gasteiger partial charge in [0.15, 0.2) is 11.5 Å². The van der Waals surface area contributed by atoms with Crippen LogP contribution in [-0.2, 0) is 14.3 Å². The van der Waals surface area contributed by atoms with Gasteiger partial charge in [0.1, 0.15) is 17.3 Å². The molecular weight excluding hydrogens is 466 g/mol. The molecule has 1 heterocycles. The van der Waals surface area contributed by atoms with Crippen molar-refractivity contribution in [2.45, 2.75) is 26.3 Å². The summed E-state index contributed by atoms with van der Waals surface area (Å²) in [4.78, 5) is 28.0. The number of rotatable bonds is 12. The molecule has 1 saturated heterocycles. The topological polar surface area (TPSA) is 104 Å². The van der Waals surface area contributed by atoms with Crippen molar-refractivity contribution in [3.8, 4) is 23.0 Å². The molecule has 0 spiro atoms. The number of amides is 1. The zero-order chi connectivity index (χ0) is 26.2. The number of benzene rings is 2. The van der Waals surface area contributed by atoms with Gasteiger partial charge < -0.3 is 33.7 Å². The largest absolute Gasteiger partial charge is 0.507 e.